The molecule has 4 rings (SSSR count). The first-order valence-electron chi connectivity index (χ1n) is 8.77. The summed E-state index contributed by atoms with van der Waals surface area (Å²) in [7, 11) is -2.05. The molecule has 0 bridgehead atoms. The smallest absolute Gasteiger partial charge is 0.330 e. The first-order valence-corrected chi connectivity index (χ1v) is 10.2. The van der Waals surface area contributed by atoms with Gasteiger partial charge in [-0.05, 0) is 38.8 Å². The number of fused-ring (bicyclic) bond motifs is 1. The van der Waals surface area contributed by atoms with Crippen molar-refractivity contribution in [2.45, 2.75) is 37.6 Å². The molecule has 0 N–H and O–H groups in total. The minimum atomic E-state index is -3.75. The number of imidazole rings is 1. The zero-order valence-corrected chi connectivity index (χ0v) is 16.2. The largest absolute Gasteiger partial charge is 0.360 e. The van der Waals surface area contributed by atoms with Crippen LogP contribution in [0.3, 0.4) is 0 Å². The maximum absolute atomic E-state index is 13.1. The van der Waals surface area contributed by atoms with Crippen molar-refractivity contribution < 1.29 is 12.9 Å². The minimum absolute atomic E-state index is 0.117. The van der Waals surface area contributed by atoms with Crippen LogP contribution in [0, 0.1) is 13.8 Å². The molecule has 1 atom stereocenters. The third-order valence-corrected chi connectivity index (χ3v) is 7.25. The van der Waals surface area contributed by atoms with Gasteiger partial charge in [-0.25, -0.2) is 18.2 Å². The highest BCUT2D eigenvalue weighted by Gasteiger charge is 2.36. The molecule has 0 aliphatic carbocycles. The summed E-state index contributed by atoms with van der Waals surface area (Å²) in [5.74, 6) is 0.276. The first-order chi connectivity index (χ1) is 12.8. The van der Waals surface area contributed by atoms with Crippen molar-refractivity contribution >= 4 is 21.2 Å². The molecule has 1 fully saturated rings. The Labute approximate surface area is 156 Å². The van der Waals surface area contributed by atoms with E-state index in [9.17, 15) is 13.2 Å². The molecule has 1 aliphatic heterocycles. The Morgan fingerprint density at radius 2 is 2.07 bits per heavy atom. The molecular formula is C17H21N5O4S. The molecule has 3 aromatic rings. The van der Waals surface area contributed by atoms with E-state index in [1.807, 2.05) is 6.07 Å². The molecule has 1 aliphatic rings. The van der Waals surface area contributed by atoms with Gasteiger partial charge in [0.1, 0.15) is 10.6 Å². The molecule has 0 spiro atoms. The van der Waals surface area contributed by atoms with E-state index in [2.05, 4.69) is 10.1 Å². The summed E-state index contributed by atoms with van der Waals surface area (Å²) in [6.07, 6.45) is 3.01. The van der Waals surface area contributed by atoms with Crippen LogP contribution >= 0.6 is 0 Å². The number of aryl methyl sites for hydroxylation is 3. The topological polar surface area (TPSA) is 103 Å². The van der Waals surface area contributed by atoms with E-state index in [1.165, 1.54) is 4.31 Å². The number of sulfonamides is 1. The normalized spacial score (nSPS) is 19.0. The van der Waals surface area contributed by atoms with Crippen molar-refractivity contribution in [3.8, 4) is 0 Å². The zero-order valence-electron chi connectivity index (χ0n) is 15.4. The van der Waals surface area contributed by atoms with Crippen LogP contribution in [0.5, 0.6) is 0 Å². The number of rotatable bonds is 3. The van der Waals surface area contributed by atoms with Gasteiger partial charge in [0.15, 0.2) is 11.4 Å². The lowest BCUT2D eigenvalue weighted by Gasteiger charge is -2.32. The van der Waals surface area contributed by atoms with Gasteiger partial charge >= 0.3 is 5.69 Å². The number of pyridine rings is 1. The number of aromatic nitrogens is 4. The van der Waals surface area contributed by atoms with Gasteiger partial charge in [-0.2, -0.15) is 4.31 Å². The van der Waals surface area contributed by atoms with Gasteiger partial charge in [0, 0.05) is 26.3 Å². The van der Waals surface area contributed by atoms with Gasteiger partial charge in [-0.1, -0.05) is 5.16 Å². The van der Waals surface area contributed by atoms with Gasteiger partial charge in [0.2, 0.25) is 10.0 Å². The van der Waals surface area contributed by atoms with Crippen molar-refractivity contribution in [2.75, 3.05) is 13.1 Å². The number of hydrogen-bond donors (Lipinski definition) is 0. The van der Waals surface area contributed by atoms with Gasteiger partial charge < -0.3 is 4.52 Å². The van der Waals surface area contributed by atoms with E-state index in [0.717, 1.165) is 5.52 Å². The van der Waals surface area contributed by atoms with Crippen LogP contribution in [0.15, 0.2) is 32.5 Å². The van der Waals surface area contributed by atoms with Crippen molar-refractivity contribution in [2.24, 2.45) is 7.05 Å². The summed E-state index contributed by atoms with van der Waals surface area (Å²) >= 11 is 0. The third kappa shape index (κ3) is 2.71. The zero-order chi connectivity index (χ0) is 19.3. The Kier molecular flexibility index (Phi) is 4.19. The fourth-order valence-electron chi connectivity index (χ4n) is 3.84. The van der Waals surface area contributed by atoms with Crippen molar-refractivity contribution in [1.82, 2.24) is 23.6 Å². The second kappa shape index (κ2) is 6.31. The van der Waals surface area contributed by atoms with Crippen LogP contribution in [0.25, 0.3) is 11.2 Å². The highest BCUT2D eigenvalue weighted by Crippen LogP contribution is 2.30. The molecule has 3 aromatic heterocycles. The van der Waals surface area contributed by atoms with Gasteiger partial charge in [-0.15, -0.1) is 0 Å². The maximum atomic E-state index is 13.1. The van der Waals surface area contributed by atoms with E-state index in [0.29, 0.717) is 30.7 Å². The summed E-state index contributed by atoms with van der Waals surface area (Å²) in [6.45, 7) is 3.81. The van der Waals surface area contributed by atoms with Gasteiger partial charge in [0.05, 0.1) is 11.6 Å². The molecule has 0 unspecified atom stereocenters. The fraction of sp³-hybridized carbons (Fsp3) is 0.471. The highest BCUT2D eigenvalue weighted by molar-refractivity contribution is 7.89. The monoisotopic (exact) mass is 391 g/mol. The number of piperidine rings is 1. The number of nitrogens with zero attached hydrogens (tertiary/aromatic N) is 5. The predicted molar refractivity (Wildman–Crippen MR) is 98.0 cm³/mol. The molecule has 27 heavy (non-hydrogen) atoms. The van der Waals surface area contributed by atoms with E-state index >= 15 is 0 Å². The molecule has 0 radical (unpaired) electrons. The average Bonchev–Trinajstić information content (AvgIpc) is 3.12. The molecule has 9 nitrogen and oxygen atoms in total. The molecule has 0 saturated carbocycles. The Hall–Kier alpha value is -2.46. The summed E-state index contributed by atoms with van der Waals surface area (Å²) in [4.78, 5) is 17.2. The van der Waals surface area contributed by atoms with E-state index < -0.39 is 10.0 Å². The third-order valence-electron chi connectivity index (χ3n) is 5.14. The summed E-state index contributed by atoms with van der Waals surface area (Å²) in [5.41, 5.74) is 1.46. The van der Waals surface area contributed by atoms with E-state index in [-0.39, 0.29) is 28.9 Å². The second-order valence-corrected chi connectivity index (χ2v) is 8.74. The van der Waals surface area contributed by atoms with Crippen LogP contribution in [-0.2, 0) is 17.1 Å². The van der Waals surface area contributed by atoms with Crippen LogP contribution in [0.1, 0.15) is 30.3 Å². The van der Waals surface area contributed by atoms with Crippen molar-refractivity contribution in [1.29, 1.82) is 0 Å². The standard InChI is InChI=1S/C17H21N5O4S/c1-11-15(12(2)26-19-11)27(24,25)21-9-5-6-13(10-21)22-16-14(7-4-8-18-16)20(3)17(22)23/h4,7-8,13H,5-6,9-10H2,1-3H3/t13-/m0/s1. The lowest BCUT2D eigenvalue weighted by molar-refractivity contribution is 0.265. The summed E-state index contributed by atoms with van der Waals surface area (Å²) < 4.78 is 35.9. The molecule has 10 heteroatoms. The lowest BCUT2D eigenvalue weighted by atomic mass is 10.1. The van der Waals surface area contributed by atoms with Gasteiger partial charge in [0.25, 0.3) is 0 Å². The molecule has 4 heterocycles. The van der Waals surface area contributed by atoms with Crippen LogP contribution in [0.2, 0.25) is 0 Å². The number of hydrogen-bond acceptors (Lipinski definition) is 6. The maximum Gasteiger partial charge on any atom is 0.330 e. The van der Waals surface area contributed by atoms with Gasteiger partial charge in [-0.3, -0.25) is 9.13 Å². The Morgan fingerprint density at radius 1 is 1.30 bits per heavy atom. The molecule has 0 amide bonds. The SMILES string of the molecule is Cc1noc(C)c1S(=O)(=O)N1CCC[C@H](n2c(=O)n(C)c3cccnc32)C1. The molecule has 144 valence electrons. The fourth-order valence-corrected chi connectivity index (χ4v) is 5.65. The minimum Gasteiger partial charge on any atom is -0.360 e. The van der Waals surface area contributed by atoms with Crippen LogP contribution in [0.4, 0.5) is 0 Å². The Balaban J connectivity index is 1.75. The Morgan fingerprint density at radius 3 is 2.78 bits per heavy atom. The first kappa shape index (κ1) is 17.9. The Bertz CT molecular complexity index is 1150. The molecular weight excluding hydrogens is 370 g/mol. The van der Waals surface area contributed by atoms with E-state index in [4.69, 9.17) is 4.52 Å². The summed E-state index contributed by atoms with van der Waals surface area (Å²) in [5, 5.41) is 3.76. The van der Waals surface area contributed by atoms with Crippen LogP contribution in [-0.4, -0.2) is 45.1 Å². The second-order valence-electron chi connectivity index (χ2n) is 6.87. The van der Waals surface area contributed by atoms with E-state index in [1.54, 1.807) is 42.3 Å². The van der Waals surface area contributed by atoms with Crippen molar-refractivity contribution in [3.63, 3.8) is 0 Å². The summed E-state index contributed by atoms with van der Waals surface area (Å²) in [6, 6.07) is 3.34. The predicted octanol–water partition coefficient (Wildman–Crippen LogP) is 1.37. The lowest BCUT2D eigenvalue weighted by Crippen LogP contribution is -2.43. The van der Waals surface area contributed by atoms with Crippen molar-refractivity contribution in [3.05, 3.63) is 40.3 Å². The quantitative estimate of drug-likeness (QED) is 0.668. The highest BCUT2D eigenvalue weighted by atomic mass is 32.2. The molecule has 0 aromatic carbocycles. The molecule has 1 saturated heterocycles. The average molecular weight is 391 g/mol. The van der Waals surface area contributed by atoms with Crippen LogP contribution < -0.4 is 5.69 Å².